The number of hydrogen-bond acceptors (Lipinski definition) is 3. The van der Waals surface area contributed by atoms with Crippen LogP contribution in [0, 0.1) is 5.92 Å². The first-order chi connectivity index (χ1) is 10.6. The van der Waals surface area contributed by atoms with Gasteiger partial charge in [0.15, 0.2) is 0 Å². The second-order valence-electron chi connectivity index (χ2n) is 5.49. The molecule has 6 nitrogen and oxygen atoms in total. The quantitative estimate of drug-likeness (QED) is 0.897. The molecular formula is C16H23N3O3. The SMILES string of the molecule is CCC1CCCN(C(=O)Nc2cccc(NC(=O)OC)c2)C1. The summed E-state index contributed by atoms with van der Waals surface area (Å²) < 4.78 is 4.55. The minimum Gasteiger partial charge on any atom is -0.453 e. The number of carbonyl (C=O) groups excluding carboxylic acids is 2. The Kier molecular flexibility index (Phi) is 5.63. The zero-order valence-electron chi connectivity index (χ0n) is 13.1. The van der Waals surface area contributed by atoms with Crippen molar-refractivity contribution in [2.45, 2.75) is 26.2 Å². The van der Waals surface area contributed by atoms with E-state index in [-0.39, 0.29) is 6.03 Å². The van der Waals surface area contributed by atoms with Gasteiger partial charge in [0.05, 0.1) is 7.11 Å². The molecule has 1 heterocycles. The van der Waals surface area contributed by atoms with Crippen molar-refractivity contribution in [3.63, 3.8) is 0 Å². The van der Waals surface area contributed by atoms with Crippen LogP contribution in [0.5, 0.6) is 0 Å². The van der Waals surface area contributed by atoms with Crippen LogP contribution >= 0.6 is 0 Å². The molecule has 1 aliphatic rings. The molecule has 0 radical (unpaired) electrons. The minimum absolute atomic E-state index is 0.0895. The molecule has 1 aromatic rings. The third-order valence-corrected chi connectivity index (χ3v) is 3.93. The second-order valence-corrected chi connectivity index (χ2v) is 5.49. The molecule has 1 saturated heterocycles. The zero-order valence-corrected chi connectivity index (χ0v) is 13.1. The smallest absolute Gasteiger partial charge is 0.411 e. The number of rotatable bonds is 3. The molecule has 0 saturated carbocycles. The van der Waals surface area contributed by atoms with Crippen LogP contribution in [-0.2, 0) is 4.74 Å². The Balaban J connectivity index is 1.96. The number of nitrogens with zero attached hydrogens (tertiary/aromatic N) is 1. The lowest BCUT2D eigenvalue weighted by Crippen LogP contribution is -2.42. The van der Waals surface area contributed by atoms with E-state index in [2.05, 4.69) is 22.3 Å². The largest absolute Gasteiger partial charge is 0.453 e. The molecule has 0 spiro atoms. The number of amides is 3. The fourth-order valence-electron chi connectivity index (χ4n) is 2.63. The Morgan fingerprint density at radius 3 is 2.73 bits per heavy atom. The maximum atomic E-state index is 12.3. The molecule has 1 unspecified atom stereocenters. The van der Waals surface area contributed by atoms with Crippen LogP contribution in [0.2, 0.25) is 0 Å². The van der Waals surface area contributed by atoms with Gasteiger partial charge in [-0.15, -0.1) is 0 Å². The summed E-state index contributed by atoms with van der Waals surface area (Å²) in [6, 6.07) is 6.91. The van der Waals surface area contributed by atoms with Crippen LogP contribution < -0.4 is 10.6 Å². The van der Waals surface area contributed by atoms with Crippen molar-refractivity contribution in [2.75, 3.05) is 30.8 Å². The number of anilines is 2. The number of methoxy groups -OCH3 is 1. The Morgan fingerprint density at radius 2 is 2.05 bits per heavy atom. The number of carbonyl (C=O) groups is 2. The standard InChI is InChI=1S/C16H23N3O3/c1-3-12-6-5-9-19(11-12)15(20)17-13-7-4-8-14(10-13)18-16(21)22-2/h4,7-8,10,12H,3,5-6,9,11H2,1-2H3,(H,17,20)(H,18,21). The number of likely N-dealkylation sites (tertiary alicyclic amines) is 1. The highest BCUT2D eigenvalue weighted by Crippen LogP contribution is 2.21. The molecule has 1 fully saturated rings. The molecule has 1 aromatic carbocycles. The summed E-state index contributed by atoms with van der Waals surface area (Å²) in [4.78, 5) is 25.4. The Hall–Kier alpha value is -2.24. The molecule has 0 bridgehead atoms. The molecule has 3 amide bonds. The van der Waals surface area contributed by atoms with Gasteiger partial charge in [-0.3, -0.25) is 5.32 Å². The maximum Gasteiger partial charge on any atom is 0.411 e. The molecule has 1 atom stereocenters. The van der Waals surface area contributed by atoms with Crippen molar-refractivity contribution >= 4 is 23.5 Å². The third kappa shape index (κ3) is 4.38. The first-order valence-electron chi connectivity index (χ1n) is 7.63. The second kappa shape index (κ2) is 7.68. The summed E-state index contributed by atoms with van der Waals surface area (Å²) in [5.41, 5.74) is 1.23. The zero-order chi connectivity index (χ0) is 15.9. The van der Waals surface area contributed by atoms with Gasteiger partial charge < -0.3 is 15.0 Å². The predicted molar refractivity (Wildman–Crippen MR) is 86.1 cm³/mol. The molecular weight excluding hydrogens is 282 g/mol. The summed E-state index contributed by atoms with van der Waals surface area (Å²) in [5.74, 6) is 0.590. The summed E-state index contributed by atoms with van der Waals surface area (Å²) in [6.45, 7) is 3.76. The van der Waals surface area contributed by atoms with E-state index < -0.39 is 6.09 Å². The van der Waals surface area contributed by atoms with Gasteiger partial charge in [-0.1, -0.05) is 19.4 Å². The highest BCUT2D eigenvalue weighted by molar-refractivity contribution is 5.91. The first kappa shape index (κ1) is 16.1. The van der Waals surface area contributed by atoms with E-state index in [1.54, 1.807) is 24.3 Å². The number of urea groups is 1. The van der Waals surface area contributed by atoms with Crippen LogP contribution in [-0.4, -0.2) is 37.2 Å². The van der Waals surface area contributed by atoms with Gasteiger partial charge in [0, 0.05) is 24.5 Å². The average Bonchev–Trinajstić information content (AvgIpc) is 2.55. The van der Waals surface area contributed by atoms with Crippen molar-refractivity contribution in [3.8, 4) is 0 Å². The number of ether oxygens (including phenoxy) is 1. The molecule has 2 N–H and O–H groups in total. The number of piperidine rings is 1. The van der Waals surface area contributed by atoms with Crippen LogP contribution in [0.1, 0.15) is 26.2 Å². The van der Waals surface area contributed by atoms with Gasteiger partial charge in [0.1, 0.15) is 0 Å². The topological polar surface area (TPSA) is 70.7 Å². The number of benzene rings is 1. The van der Waals surface area contributed by atoms with E-state index in [9.17, 15) is 9.59 Å². The molecule has 1 aliphatic heterocycles. The van der Waals surface area contributed by atoms with E-state index in [4.69, 9.17) is 0 Å². The molecule has 0 aliphatic carbocycles. The van der Waals surface area contributed by atoms with E-state index in [0.29, 0.717) is 17.3 Å². The maximum absolute atomic E-state index is 12.3. The lowest BCUT2D eigenvalue weighted by Gasteiger charge is -2.32. The number of hydrogen-bond donors (Lipinski definition) is 2. The van der Waals surface area contributed by atoms with Gasteiger partial charge in [0.2, 0.25) is 0 Å². The van der Waals surface area contributed by atoms with Crippen LogP contribution in [0.4, 0.5) is 21.0 Å². The Labute approximate surface area is 130 Å². The number of nitrogens with one attached hydrogen (secondary N) is 2. The van der Waals surface area contributed by atoms with E-state index in [1.807, 2.05) is 4.90 Å². The highest BCUT2D eigenvalue weighted by Gasteiger charge is 2.22. The van der Waals surface area contributed by atoms with Crippen molar-refractivity contribution in [1.29, 1.82) is 0 Å². The molecule has 2 rings (SSSR count). The van der Waals surface area contributed by atoms with Crippen molar-refractivity contribution in [1.82, 2.24) is 4.90 Å². The van der Waals surface area contributed by atoms with Crippen molar-refractivity contribution < 1.29 is 14.3 Å². The summed E-state index contributed by atoms with van der Waals surface area (Å²) in [6.07, 6.45) is 2.81. The van der Waals surface area contributed by atoms with Crippen LogP contribution in [0.3, 0.4) is 0 Å². The normalized spacial score (nSPS) is 17.7. The lowest BCUT2D eigenvalue weighted by molar-refractivity contribution is 0.176. The van der Waals surface area contributed by atoms with Gasteiger partial charge >= 0.3 is 12.1 Å². The highest BCUT2D eigenvalue weighted by atomic mass is 16.5. The van der Waals surface area contributed by atoms with Gasteiger partial charge in [-0.25, -0.2) is 9.59 Å². The fraction of sp³-hybridized carbons (Fsp3) is 0.500. The first-order valence-corrected chi connectivity index (χ1v) is 7.63. The van der Waals surface area contributed by atoms with Crippen molar-refractivity contribution in [2.24, 2.45) is 5.92 Å². The molecule has 0 aromatic heterocycles. The average molecular weight is 305 g/mol. The van der Waals surface area contributed by atoms with E-state index in [1.165, 1.54) is 13.5 Å². The Morgan fingerprint density at radius 1 is 1.32 bits per heavy atom. The third-order valence-electron chi connectivity index (χ3n) is 3.93. The van der Waals surface area contributed by atoms with Crippen LogP contribution in [0.15, 0.2) is 24.3 Å². The van der Waals surface area contributed by atoms with Crippen molar-refractivity contribution in [3.05, 3.63) is 24.3 Å². The molecule has 120 valence electrons. The van der Waals surface area contributed by atoms with Gasteiger partial charge in [-0.05, 0) is 37.0 Å². The summed E-state index contributed by atoms with van der Waals surface area (Å²) >= 11 is 0. The Bertz CT molecular complexity index is 533. The summed E-state index contributed by atoms with van der Waals surface area (Å²) in [5, 5.41) is 5.46. The monoisotopic (exact) mass is 305 g/mol. The van der Waals surface area contributed by atoms with Gasteiger partial charge in [-0.2, -0.15) is 0 Å². The predicted octanol–water partition coefficient (Wildman–Crippen LogP) is 3.52. The van der Waals surface area contributed by atoms with Gasteiger partial charge in [0.25, 0.3) is 0 Å². The van der Waals surface area contributed by atoms with E-state index >= 15 is 0 Å². The van der Waals surface area contributed by atoms with E-state index in [0.717, 1.165) is 25.9 Å². The minimum atomic E-state index is -0.537. The summed E-state index contributed by atoms with van der Waals surface area (Å²) in [7, 11) is 1.31. The molecule has 6 heteroatoms. The molecule has 22 heavy (non-hydrogen) atoms. The van der Waals surface area contributed by atoms with Crippen LogP contribution in [0.25, 0.3) is 0 Å². The fourth-order valence-corrected chi connectivity index (χ4v) is 2.63. The lowest BCUT2D eigenvalue weighted by atomic mass is 9.96.